The van der Waals surface area contributed by atoms with Gasteiger partial charge < -0.3 is 10.2 Å². The van der Waals surface area contributed by atoms with Crippen molar-refractivity contribution in [1.29, 1.82) is 0 Å². The van der Waals surface area contributed by atoms with Gasteiger partial charge in [0.25, 0.3) is 11.8 Å². The first-order chi connectivity index (χ1) is 12.4. The van der Waals surface area contributed by atoms with E-state index in [9.17, 15) is 22.8 Å². The lowest BCUT2D eigenvalue weighted by Gasteiger charge is -2.16. The van der Waals surface area contributed by atoms with Crippen molar-refractivity contribution >= 4 is 17.5 Å². The number of nitrogens with one attached hydrogen (secondary N) is 1. The van der Waals surface area contributed by atoms with Crippen LogP contribution in [0.5, 0.6) is 0 Å². The molecule has 1 heterocycles. The van der Waals surface area contributed by atoms with Gasteiger partial charge in [0.1, 0.15) is 0 Å². The minimum atomic E-state index is -4.57. The molecule has 0 bridgehead atoms. The van der Waals surface area contributed by atoms with Crippen LogP contribution < -0.4 is 5.32 Å². The SMILES string of the molecule is O=C(Nc1ccccc1C(F)(F)F)c1cccc(C(=O)N2CCCC2)c1. The first kappa shape index (κ1) is 18.0. The van der Waals surface area contributed by atoms with Gasteiger partial charge in [0, 0.05) is 24.2 Å². The third-order valence-electron chi connectivity index (χ3n) is 4.25. The zero-order valence-electron chi connectivity index (χ0n) is 13.8. The van der Waals surface area contributed by atoms with Crippen LogP contribution in [0.15, 0.2) is 48.5 Å². The molecule has 0 spiro atoms. The minimum Gasteiger partial charge on any atom is -0.339 e. The Kier molecular flexibility index (Phi) is 4.97. The fourth-order valence-corrected chi connectivity index (χ4v) is 2.93. The maximum Gasteiger partial charge on any atom is 0.418 e. The molecule has 1 saturated heterocycles. The number of carbonyl (C=O) groups excluding carboxylic acids is 2. The number of carbonyl (C=O) groups is 2. The lowest BCUT2D eigenvalue weighted by atomic mass is 10.1. The Morgan fingerprint density at radius 3 is 2.27 bits per heavy atom. The third kappa shape index (κ3) is 3.87. The van der Waals surface area contributed by atoms with Crippen molar-refractivity contribution in [2.75, 3.05) is 18.4 Å². The van der Waals surface area contributed by atoms with Crippen molar-refractivity contribution in [1.82, 2.24) is 4.90 Å². The summed E-state index contributed by atoms with van der Waals surface area (Å²) >= 11 is 0. The van der Waals surface area contributed by atoms with Crippen LogP contribution in [0.25, 0.3) is 0 Å². The van der Waals surface area contributed by atoms with Crippen LogP contribution in [-0.4, -0.2) is 29.8 Å². The average molecular weight is 362 g/mol. The Balaban J connectivity index is 1.81. The van der Waals surface area contributed by atoms with Gasteiger partial charge in [-0.25, -0.2) is 0 Å². The quantitative estimate of drug-likeness (QED) is 0.890. The van der Waals surface area contributed by atoms with Crippen molar-refractivity contribution < 1.29 is 22.8 Å². The number of halogens is 3. The van der Waals surface area contributed by atoms with Crippen molar-refractivity contribution in [2.45, 2.75) is 19.0 Å². The molecule has 26 heavy (non-hydrogen) atoms. The van der Waals surface area contributed by atoms with Gasteiger partial charge in [-0.2, -0.15) is 13.2 Å². The highest BCUT2D eigenvalue weighted by atomic mass is 19.4. The topological polar surface area (TPSA) is 49.4 Å². The van der Waals surface area contributed by atoms with E-state index >= 15 is 0 Å². The van der Waals surface area contributed by atoms with E-state index in [-0.39, 0.29) is 17.2 Å². The minimum absolute atomic E-state index is 0.132. The molecule has 0 aliphatic carbocycles. The lowest BCUT2D eigenvalue weighted by Crippen LogP contribution is -2.27. The molecule has 1 aliphatic heterocycles. The molecule has 1 N–H and O–H groups in total. The second kappa shape index (κ2) is 7.19. The number of alkyl halides is 3. The van der Waals surface area contributed by atoms with E-state index in [1.54, 1.807) is 17.0 Å². The molecular weight excluding hydrogens is 345 g/mol. The van der Waals surface area contributed by atoms with Gasteiger partial charge in [0.05, 0.1) is 11.3 Å². The van der Waals surface area contributed by atoms with E-state index in [4.69, 9.17) is 0 Å². The molecule has 136 valence electrons. The Labute approximate surface area is 148 Å². The summed E-state index contributed by atoms with van der Waals surface area (Å²) in [6.45, 7) is 1.35. The molecule has 0 saturated carbocycles. The molecule has 0 unspecified atom stereocenters. The summed E-state index contributed by atoms with van der Waals surface area (Å²) in [5.74, 6) is -0.870. The van der Waals surface area contributed by atoms with E-state index in [0.29, 0.717) is 18.7 Å². The normalized spacial score (nSPS) is 14.3. The number of para-hydroxylation sites is 1. The number of rotatable bonds is 3. The fraction of sp³-hybridized carbons (Fsp3) is 0.263. The van der Waals surface area contributed by atoms with Gasteiger partial charge in [-0.15, -0.1) is 0 Å². The number of anilines is 1. The number of hydrogen-bond acceptors (Lipinski definition) is 2. The highest BCUT2D eigenvalue weighted by molar-refractivity contribution is 6.06. The maximum absolute atomic E-state index is 13.0. The van der Waals surface area contributed by atoms with Crippen LogP contribution in [0.1, 0.15) is 39.1 Å². The Bertz CT molecular complexity index is 828. The van der Waals surface area contributed by atoms with E-state index in [1.165, 1.54) is 30.3 Å². The van der Waals surface area contributed by atoms with E-state index in [1.807, 2.05) is 0 Å². The molecule has 0 aromatic heterocycles. The molecule has 0 radical (unpaired) electrons. The summed E-state index contributed by atoms with van der Waals surface area (Å²) in [6.07, 6.45) is -2.68. The molecule has 7 heteroatoms. The Morgan fingerprint density at radius 2 is 1.58 bits per heavy atom. The monoisotopic (exact) mass is 362 g/mol. The fourth-order valence-electron chi connectivity index (χ4n) is 2.93. The first-order valence-electron chi connectivity index (χ1n) is 8.23. The molecule has 2 aromatic rings. The number of likely N-dealkylation sites (tertiary alicyclic amines) is 1. The van der Waals surface area contributed by atoms with Crippen molar-refractivity contribution in [2.24, 2.45) is 0 Å². The van der Waals surface area contributed by atoms with Crippen molar-refractivity contribution in [3.63, 3.8) is 0 Å². The molecule has 3 rings (SSSR count). The second-order valence-electron chi connectivity index (χ2n) is 6.08. The van der Waals surface area contributed by atoms with Gasteiger partial charge in [0.2, 0.25) is 0 Å². The van der Waals surface area contributed by atoms with Crippen LogP contribution >= 0.6 is 0 Å². The maximum atomic E-state index is 13.0. The van der Waals surface area contributed by atoms with Crippen molar-refractivity contribution in [3.05, 3.63) is 65.2 Å². The van der Waals surface area contributed by atoms with Crippen LogP contribution in [0.4, 0.5) is 18.9 Å². The molecule has 1 fully saturated rings. The summed E-state index contributed by atoms with van der Waals surface area (Å²) in [7, 11) is 0. The van der Waals surface area contributed by atoms with Gasteiger partial charge in [-0.3, -0.25) is 9.59 Å². The smallest absolute Gasteiger partial charge is 0.339 e. The first-order valence-corrected chi connectivity index (χ1v) is 8.23. The summed E-state index contributed by atoms with van der Waals surface area (Å²) in [5.41, 5.74) is -0.755. The van der Waals surface area contributed by atoms with Gasteiger partial charge in [-0.05, 0) is 43.2 Å². The number of amides is 2. The zero-order chi connectivity index (χ0) is 18.7. The average Bonchev–Trinajstić information content (AvgIpc) is 3.15. The third-order valence-corrected chi connectivity index (χ3v) is 4.25. The zero-order valence-corrected chi connectivity index (χ0v) is 13.8. The van der Waals surface area contributed by atoms with Crippen molar-refractivity contribution in [3.8, 4) is 0 Å². The standard InChI is InChI=1S/C19H17F3N2O2/c20-19(21,22)15-8-1-2-9-16(15)23-17(25)13-6-5-7-14(12-13)18(26)24-10-3-4-11-24/h1-2,5-9,12H,3-4,10-11H2,(H,23,25). The van der Waals surface area contributed by atoms with Gasteiger partial charge in [-0.1, -0.05) is 18.2 Å². The molecule has 1 aliphatic rings. The predicted octanol–water partition coefficient (Wildman–Crippen LogP) is 4.19. The van der Waals surface area contributed by atoms with E-state index in [2.05, 4.69) is 5.32 Å². The highest BCUT2D eigenvalue weighted by Gasteiger charge is 2.33. The largest absolute Gasteiger partial charge is 0.418 e. The summed E-state index contributed by atoms with van der Waals surface area (Å²) < 4.78 is 39.1. The summed E-state index contributed by atoms with van der Waals surface area (Å²) in [5, 5.41) is 2.29. The Morgan fingerprint density at radius 1 is 0.923 bits per heavy atom. The Hall–Kier alpha value is -2.83. The lowest BCUT2D eigenvalue weighted by molar-refractivity contribution is -0.136. The van der Waals surface area contributed by atoms with E-state index < -0.39 is 17.6 Å². The van der Waals surface area contributed by atoms with Crippen LogP contribution in [0.3, 0.4) is 0 Å². The second-order valence-corrected chi connectivity index (χ2v) is 6.08. The number of benzene rings is 2. The molecule has 4 nitrogen and oxygen atoms in total. The van der Waals surface area contributed by atoms with E-state index in [0.717, 1.165) is 18.9 Å². The van der Waals surface area contributed by atoms with Crippen LogP contribution in [-0.2, 0) is 6.18 Å². The molecular formula is C19H17F3N2O2. The molecule has 0 atom stereocenters. The van der Waals surface area contributed by atoms with Crippen LogP contribution in [0.2, 0.25) is 0 Å². The summed E-state index contributed by atoms with van der Waals surface area (Å²) in [4.78, 5) is 26.5. The number of nitrogens with zero attached hydrogens (tertiary/aromatic N) is 1. The van der Waals surface area contributed by atoms with Crippen LogP contribution in [0, 0.1) is 0 Å². The number of hydrogen-bond donors (Lipinski definition) is 1. The van der Waals surface area contributed by atoms with Gasteiger partial charge in [0.15, 0.2) is 0 Å². The molecule has 2 amide bonds. The highest BCUT2D eigenvalue weighted by Crippen LogP contribution is 2.34. The predicted molar refractivity (Wildman–Crippen MR) is 91.0 cm³/mol. The van der Waals surface area contributed by atoms with Gasteiger partial charge >= 0.3 is 6.18 Å². The molecule has 2 aromatic carbocycles. The summed E-state index contributed by atoms with van der Waals surface area (Å²) in [6, 6.07) is 10.8.